The summed E-state index contributed by atoms with van der Waals surface area (Å²) in [4.78, 5) is 15.0. The third-order valence-corrected chi connectivity index (χ3v) is 4.92. The van der Waals surface area contributed by atoms with Crippen LogP contribution in [0.5, 0.6) is 0 Å². The standard InChI is InChI=1S/C17H25N3O/c1-20-11-15(13-7-9-18-10-8-13)16(12-20)17(21)19-14-5-3-2-4-6-14/h2-6,13,15-16,18H,7-12H2,1H3,(H,19,21)/t15-,16+/m0/s1. The number of nitrogens with zero attached hydrogens (tertiary/aromatic N) is 1. The second kappa shape index (κ2) is 6.58. The summed E-state index contributed by atoms with van der Waals surface area (Å²) >= 11 is 0. The van der Waals surface area contributed by atoms with E-state index >= 15 is 0 Å². The normalized spacial score (nSPS) is 27.7. The van der Waals surface area contributed by atoms with Crippen molar-refractivity contribution in [2.24, 2.45) is 17.8 Å². The first kappa shape index (κ1) is 14.5. The minimum Gasteiger partial charge on any atom is -0.326 e. The average Bonchev–Trinajstić information content (AvgIpc) is 2.91. The number of anilines is 1. The van der Waals surface area contributed by atoms with Crippen LogP contribution < -0.4 is 10.6 Å². The molecule has 0 unspecified atom stereocenters. The molecule has 0 bridgehead atoms. The van der Waals surface area contributed by atoms with Crippen molar-refractivity contribution in [1.29, 1.82) is 0 Å². The van der Waals surface area contributed by atoms with Crippen LogP contribution >= 0.6 is 0 Å². The average molecular weight is 287 g/mol. The van der Waals surface area contributed by atoms with Crippen LogP contribution in [-0.2, 0) is 4.79 Å². The summed E-state index contributed by atoms with van der Waals surface area (Å²) < 4.78 is 0. The van der Waals surface area contributed by atoms with Gasteiger partial charge in [0.1, 0.15) is 0 Å². The number of benzene rings is 1. The maximum absolute atomic E-state index is 12.7. The van der Waals surface area contributed by atoms with E-state index in [4.69, 9.17) is 0 Å². The molecule has 4 nitrogen and oxygen atoms in total. The van der Waals surface area contributed by atoms with Gasteiger partial charge in [-0.2, -0.15) is 0 Å². The largest absolute Gasteiger partial charge is 0.326 e. The molecule has 1 aromatic rings. The lowest BCUT2D eigenvalue weighted by molar-refractivity contribution is -0.121. The lowest BCUT2D eigenvalue weighted by atomic mass is 9.78. The Balaban J connectivity index is 1.67. The zero-order valence-corrected chi connectivity index (χ0v) is 12.7. The molecule has 0 radical (unpaired) electrons. The van der Waals surface area contributed by atoms with Gasteiger partial charge in [0.15, 0.2) is 0 Å². The number of piperidine rings is 1. The van der Waals surface area contributed by atoms with Crippen LogP contribution in [0.4, 0.5) is 5.69 Å². The van der Waals surface area contributed by atoms with Gasteiger partial charge < -0.3 is 15.5 Å². The summed E-state index contributed by atoms with van der Waals surface area (Å²) in [6.07, 6.45) is 2.40. The van der Waals surface area contributed by atoms with Crippen molar-refractivity contribution in [2.75, 3.05) is 38.5 Å². The minimum absolute atomic E-state index is 0.123. The summed E-state index contributed by atoms with van der Waals surface area (Å²) in [6, 6.07) is 9.80. The van der Waals surface area contributed by atoms with Crippen molar-refractivity contribution >= 4 is 11.6 Å². The highest BCUT2D eigenvalue weighted by atomic mass is 16.2. The van der Waals surface area contributed by atoms with Gasteiger partial charge in [0.2, 0.25) is 5.91 Å². The summed E-state index contributed by atoms with van der Waals surface area (Å²) in [7, 11) is 2.13. The van der Waals surface area contributed by atoms with E-state index in [0.717, 1.165) is 31.9 Å². The van der Waals surface area contributed by atoms with Gasteiger partial charge in [0, 0.05) is 18.8 Å². The van der Waals surface area contributed by atoms with Crippen LogP contribution in [0.15, 0.2) is 30.3 Å². The first-order valence-corrected chi connectivity index (χ1v) is 7.99. The topological polar surface area (TPSA) is 44.4 Å². The van der Waals surface area contributed by atoms with E-state index in [1.807, 2.05) is 30.3 Å². The van der Waals surface area contributed by atoms with E-state index in [-0.39, 0.29) is 11.8 Å². The molecule has 3 rings (SSSR count). The Labute approximate surface area is 126 Å². The highest BCUT2D eigenvalue weighted by Crippen LogP contribution is 2.34. The van der Waals surface area contributed by atoms with Gasteiger partial charge in [-0.25, -0.2) is 0 Å². The molecule has 1 aromatic carbocycles. The molecule has 4 heteroatoms. The van der Waals surface area contributed by atoms with E-state index in [2.05, 4.69) is 22.6 Å². The Hall–Kier alpha value is -1.39. The predicted molar refractivity (Wildman–Crippen MR) is 85.1 cm³/mol. The summed E-state index contributed by atoms with van der Waals surface area (Å²) in [5, 5.41) is 6.51. The molecule has 2 aliphatic heterocycles. The maximum Gasteiger partial charge on any atom is 0.229 e. The Morgan fingerprint density at radius 3 is 2.62 bits per heavy atom. The Kier molecular flexibility index (Phi) is 4.56. The Bertz CT molecular complexity index is 470. The molecule has 0 saturated carbocycles. The van der Waals surface area contributed by atoms with Crippen molar-refractivity contribution in [3.05, 3.63) is 30.3 Å². The molecule has 2 heterocycles. The van der Waals surface area contributed by atoms with Crippen molar-refractivity contribution in [3.63, 3.8) is 0 Å². The highest BCUT2D eigenvalue weighted by molar-refractivity contribution is 5.93. The van der Waals surface area contributed by atoms with Gasteiger partial charge in [-0.3, -0.25) is 4.79 Å². The molecule has 21 heavy (non-hydrogen) atoms. The molecule has 0 aliphatic carbocycles. The molecule has 2 N–H and O–H groups in total. The van der Waals surface area contributed by atoms with Crippen molar-refractivity contribution in [3.8, 4) is 0 Å². The quantitative estimate of drug-likeness (QED) is 0.891. The first-order chi connectivity index (χ1) is 10.2. The molecular formula is C17H25N3O. The third kappa shape index (κ3) is 3.44. The van der Waals surface area contributed by atoms with Crippen LogP contribution in [0.3, 0.4) is 0 Å². The fraction of sp³-hybridized carbons (Fsp3) is 0.588. The van der Waals surface area contributed by atoms with Crippen LogP contribution in [0.25, 0.3) is 0 Å². The SMILES string of the molecule is CN1C[C@@H](C(=O)Nc2ccccc2)[C@H](C2CCNCC2)C1. The van der Waals surface area contributed by atoms with E-state index in [0.29, 0.717) is 11.8 Å². The maximum atomic E-state index is 12.7. The first-order valence-electron chi connectivity index (χ1n) is 7.99. The van der Waals surface area contributed by atoms with Gasteiger partial charge in [-0.15, -0.1) is 0 Å². The number of para-hydroxylation sites is 1. The molecule has 114 valence electrons. The van der Waals surface area contributed by atoms with Crippen molar-refractivity contribution in [2.45, 2.75) is 12.8 Å². The molecule has 0 spiro atoms. The van der Waals surface area contributed by atoms with Crippen LogP contribution in [0, 0.1) is 17.8 Å². The number of hydrogen-bond acceptors (Lipinski definition) is 3. The monoisotopic (exact) mass is 287 g/mol. The zero-order valence-electron chi connectivity index (χ0n) is 12.7. The Morgan fingerprint density at radius 1 is 1.19 bits per heavy atom. The lowest BCUT2D eigenvalue weighted by Gasteiger charge is -2.31. The molecular weight excluding hydrogens is 262 g/mol. The van der Waals surface area contributed by atoms with Crippen molar-refractivity contribution < 1.29 is 4.79 Å². The zero-order chi connectivity index (χ0) is 14.7. The second-order valence-electron chi connectivity index (χ2n) is 6.43. The number of carbonyl (C=O) groups is 1. The summed E-state index contributed by atoms with van der Waals surface area (Å²) in [5.41, 5.74) is 0.904. The van der Waals surface area contributed by atoms with Gasteiger partial charge in [-0.1, -0.05) is 18.2 Å². The Morgan fingerprint density at radius 2 is 1.90 bits per heavy atom. The molecule has 0 aromatic heterocycles. The smallest absolute Gasteiger partial charge is 0.229 e. The molecule has 1 amide bonds. The summed E-state index contributed by atoms with van der Waals surface area (Å²) in [6.45, 7) is 4.13. The van der Waals surface area contributed by atoms with Crippen LogP contribution in [0.1, 0.15) is 12.8 Å². The molecule has 2 fully saturated rings. The van der Waals surface area contributed by atoms with Crippen LogP contribution in [-0.4, -0.2) is 44.0 Å². The van der Waals surface area contributed by atoms with Crippen LogP contribution in [0.2, 0.25) is 0 Å². The summed E-state index contributed by atoms with van der Waals surface area (Å²) in [5.74, 6) is 1.50. The number of rotatable bonds is 3. The number of amides is 1. The number of likely N-dealkylation sites (tertiary alicyclic amines) is 1. The highest BCUT2D eigenvalue weighted by Gasteiger charge is 2.40. The van der Waals surface area contributed by atoms with E-state index < -0.39 is 0 Å². The predicted octanol–water partition coefficient (Wildman–Crippen LogP) is 1.80. The van der Waals surface area contributed by atoms with Gasteiger partial charge in [0.25, 0.3) is 0 Å². The van der Waals surface area contributed by atoms with Gasteiger partial charge >= 0.3 is 0 Å². The van der Waals surface area contributed by atoms with Crippen molar-refractivity contribution in [1.82, 2.24) is 10.2 Å². The van der Waals surface area contributed by atoms with Gasteiger partial charge in [0.05, 0.1) is 5.92 Å². The fourth-order valence-electron chi connectivity index (χ4n) is 3.82. The van der Waals surface area contributed by atoms with E-state index in [1.54, 1.807) is 0 Å². The molecule has 2 atom stereocenters. The second-order valence-corrected chi connectivity index (χ2v) is 6.43. The van der Waals surface area contributed by atoms with E-state index in [9.17, 15) is 4.79 Å². The van der Waals surface area contributed by atoms with Gasteiger partial charge in [-0.05, 0) is 56.9 Å². The third-order valence-electron chi connectivity index (χ3n) is 4.92. The fourth-order valence-corrected chi connectivity index (χ4v) is 3.82. The lowest BCUT2D eigenvalue weighted by Crippen LogP contribution is -2.37. The molecule has 2 saturated heterocycles. The molecule has 2 aliphatic rings. The minimum atomic E-state index is 0.123. The number of hydrogen-bond donors (Lipinski definition) is 2. The number of nitrogens with one attached hydrogen (secondary N) is 2. The number of carbonyl (C=O) groups excluding carboxylic acids is 1. The van der Waals surface area contributed by atoms with E-state index in [1.165, 1.54) is 12.8 Å².